The molecule has 0 aromatic carbocycles. The van der Waals surface area contributed by atoms with Crippen LogP contribution in [-0.4, -0.2) is 45.8 Å². The molecule has 10 heteroatoms. The minimum Gasteiger partial charge on any atom is -0.472 e. The fraction of sp³-hybridized carbons (Fsp3) is 0.550. The summed E-state index contributed by atoms with van der Waals surface area (Å²) < 4.78 is 11.6. The average Bonchev–Trinajstić information content (AvgIpc) is 3.08. The summed E-state index contributed by atoms with van der Waals surface area (Å²) in [6, 6.07) is 1.71. The van der Waals surface area contributed by atoms with Crippen molar-refractivity contribution in [2.75, 3.05) is 13.1 Å². The molecule has 30 heavy (non-hydrogen) atoms. The Morgan fingerprint density at radius 1 is 1.27 bits per heavy atom. The van der Waals surface area contributed by atoms with E-state index in [1.54, 1.807) is 37.2 Å². The van der Waals surface area contributed by atoms with Crippen LogP contribution in [0.15, 0.2) is 23.6 Å². The maximum Gasteiger partial charge on any atom is 0.410 e. The van der Waals surface area contributed by atoms with Crippen LogP contribution in [-0.2, 0) is 10.3 Å². The van der Waals surface area contributed by atoms with E-state index >= 15 is 0 Å². The zero-order chi connectivity index (χ0) is 22.1. The first-order chi connectivity index (χ1) is 14.0. The fourth-order valence-electron chi connectivity index (χ4n) is 3.31. The Balaban J connectivity index is 1.86. The number of carbonyl (C=O) groups is 1. The molecule has 1 atom stereocenters. The minimum atomic E-state index is -0.829. The third-order valence-corrected chi connectivity index (χ3v) is 4.94. The Labute approximate surface area is 180 Å². The van der Waals surface area contributed by atoms with E-state index in [4.69, 9.17) is 26.6 Å². The summed E-state index contributed by atoms with van der Waals surface area (Å²) in [6.07, 6.45) is 3.31. The van der Waals surface area contributed by atoms with Gasteiger partial charge in [0, 0.05) is 30.3 Å². The summed E-state index contributed by atoms with van der Waals surface area (Å²) in [5.41, 5.74) is 8.25. The second-order valence-corrected chi connectivity index (χ2v) is 9.12. The first-order valence-corrected chi connectivity index (χ1v) is 10.0. The van der Waals surface area contributed by atoms with Crippen LogP contribution < -0.4 is 4.74 Å². The van der Waals surface area contributed by atoms with Crippen molar-refractivity contribution in [2.24, 2.45) is 5.11 Å². The van der Waals surface area contributed by atoms with E-state index in [1.165, 1.54) is 0 Å². The van der Waals surface area contributed by atoms with Gasteiger partial charge in [0.2, 0.25) is 5.88 Å². The number of fused-ring (bicyclic) bond motifs is 1. The van der Waals surface area contributed by atoms with E-state index in [2.05, 4.69) is 20.0 Å². The number of rotatable bonds is 4. The molecule has 1 amide bonds. The van der Waals surface area contributed by atoms with E-state index in [1.807, 2.05) is 20.8 Å². The highest BCUT2D eigenvalue weighted by atomic mass is 35.5. The smallest absolute Gasteiger partial charge is 0.410 e. The van der Waals surface area contributed by atoms with Gasteiger partial charge >= 0.3 is 6.09 Å². The summed E-state index contributed by atoms with van der Waals surface area (Å²) in [6.45, 7) is 10.1. The van der Waals surface area contributed by atoms with Gasteiger partial charge in [0.15, 0.2) is 0 Å². The van der Waals surface area contributed by atoms with Gasteiger partial charge in [-0.1, -0.05) is 30.6 Å². The lowest BCUT2D eigenvalue weighted by molar-refractivity contribution is 0.0275. The third-order valence-electron chi connectivity index (χ3n) is 4.73. The number of nitrogens with zero attached hydrogens (tertiary/aromatic N) is 6. The molecule has 9 nitrogen and oxygen atoms in total. The molecule has 3 heterocycles. The number of ether oxygens (including phenoxy) is 2. The molecule has 1 fully saturated rings. The summed E-state index contributed by atoms with van der Waals surface area (Å²) in [5.74, 6) is 0.394. The molecule has 0 N–H and O–H groups in total. The zero-order valence-electron chi connectivity index (χ0n) is 17.7. The van der Waals surface area contributed by atoms with Gasteiger partial charge in [-0.15, -0.1) is 0 Å². The standard InChI is InChI=1S/C20H25ClN6O3/c1-19(2,3)30-18(28)27-7-6-12(11-27)29-17-14-9-23-16(21)8-13(14)15(10-24-17)20(4,5)25-26-22/h8-10,12H,6-7,11H2,1-5H3/t12-/m0/s1. The monoisotopic (exact) mass is 432 g/mol. The van der Waals surface area contributed by atoms with Gasteiger partial charge in [0.25, 0.3) is 0 Å². The van der Waals surface area contributed by atoms with Crippen molar-refractivity contribution in [3.63, 3.8) is 0 Å². The SMILES string of the molecule is CC(C)(C)OC(=O)N1CC[C@H](Oc2ncc(C(C)(C)N=[N+]=[N-])c3cc(Cl)ncc23)C1. The first kappa shape index (κ1) is 21.9. The molecule has 1 aliphatic rings. The van der Waals surface area contributed by atoms with Crippen molar-refractivity contribution in [2.45, 2.75) is 58.3 Å². The van der Waals surface area contributed by atoms with Crippen molar-refractivity contribution in [1.29, 1.82) is 0 Å². The second-order valence-electron chi connectivity index (χ2n) is 8.73. The molecule has 0 aliphatic carbocycles. The predicted molar refractivity (Wildman–Crippen MR) is 114 cm³/mol. The van der Waals surface area contributed by atoms with Crippen molar-refractivity contribution in [3.05, 3.63) is 39.6 Å². The zero-order valence-corrected chi connectivity index (χ0v) is 18.5. The van der Waals surface area contributed by atoms with Gasteiger partial charge in [-0.05, 0) is 43.3 Å². The lowest BCUT2D eigenvalue weighted by Gasteiger charge is -2.24. The Hall–Kier alpha value is -2.77. The molecule has 160 valence electrons. The lowest BCUT2D eigenvalue weighted by atomic mass is 9.93. The molecule has 1 saturated heterocycles. The molecule has 0 saturated carbocycles. The summed E-state index contributed by atoms with van der Waals surface area (Å²) >= 11 is 6.11. The second kappa shape index (κ2) is 8.16. The highest BCUT2D eigenvalue weighted by Gasteiger charge is 2.32. The van der Waals surface area contributed by atoms with E-state index in [-0.39, 0.29) is 12.2 Å². The number of azide groups is 1. The Kier molecular flexibility index (Phi) is 5.97. The quantitative estimate of drug-likeness (QED) is 0.284. The van der Waals surface area contributed by atoms with Crippen LogP contribution in [0.4, 0.5) is 4.79 Å². The van der Waals surface area contributed by atoms with Crippen LogP contribution in [0, 0.1) is 0 Å². The molecule has 2 aromatic heterocycles. The fourth-order valence-corrected chi connectivity index (χ4v) is 3.46. The largest absolute Gasteiger partial charge is 0.472 e. The predicted octanol–water partition coefficient (Wildman–Crippen LogP) is 5.22. The van der Waals surface area contributed by atoms with Crippen LogP contribution in [0.3, 0.4) is 0 Å². The van der Waals surface area contributed by atoms with Crippen LogP contribution in [0.1, 0.15) is 46.6 Å². The minimum absolute atomic E-state index is 0.222. The molecule has 2 aromatic rings. The highest BCUT2D eigenvalue weighted by Crippen LogP contribution is 2.36. The number of carbonyl (C=O) groups excluding carboxylic acids is 1. The molecule has 1 aliphatic heterocycles. The van der Waals surface area contributed by atoms with Crippen LogP contribution >= 0.6 is 11.6 Å². The maximum absolute atomic E-state index is 12.3. The molecule has 0 unspecified atom stereocenters. The van der Waals surface area contributed by atoms with Gasteiger partial charge in [-0.25, -0.2) is 14.8 Å². The van der Waals surface area contributed by atoms with Crippen LogP contribution in [0.2, 0.25) is 5.15 Å². The van der Waals surface area contributed by atoms with Crippen LogP contribution in [0.25, 0.3) is 21.2 Å². The Morgan fingerprint density at radius 3 is 2.67 bits per heavy atom. The average molecular weight is 433 g/mol. The normalized spacial score (nSPS) is 17.0. The van der Waals surface area contributed by atoms with Gasteiger partial charge in [0.1, 0.15) is 16.9 Å². The van der Waals surface area contributed by atoms with E-state index in [0.29, 0.717) is 41.5 Å². The summed E-state index contributed by atoms with van der Waals surface area (Å²) in [7, 11) is 0. The van der Waals surface area contributed by atoms with Crippen LogP contribution in [0.5, 0.6) is 5.88 Å². The summed E-state index contributed by atoms with van der Waals surface area (Å²) in [5, 5.41) is 5.60. The van der Waals surface area contributed by atoms with Crippen molar-refractivity contribution >= 4 is 28.5 Å². The van der Waals surface area contributed by atoms with Crippen molar-refractivity contribution < 1.29 is 14.3 Å². The van der Waals surface area contributed by atoms with E-state index in [9.17, 15) is 4.79 Å². The molecule has 0 bridgehead atoms. The van der Waals surface area contributed by atoms with E-state index in [0.717, 1.165) is 5.39 Å². The summed E-state index contributed by atoms with van der Waals surface area (Å²) in [4.78, 5) is 25.5. The van der Waals surface area contributed by atoms with Crippen molar-refractivity contribution in [1.82, 2.24) is 14.9 Å². The molecule has 0 spiro atoms. The van der Waals surface area contributed by atoms with E-state index < -0.39 is 11.1 Å². The maximum atomic E-state index is 12.3. The molecular weight excluding hydrogens is 408 g/mol. The number of hydrogen-bond acceptors (Lipinski definition) is 6. The third kappa shape index (κ3) is 4.86. The van der Waals surface area contributed by atoms with Gasteiger partial charge < -0.3 is 14.4 Å². The topological polar surface area (TPSA) is 113 Å². The Morgan fingerprint density at radius 2 is 2.00 bits per heavy atom. The number of aromatic nitrogens is 2. The van der Waals surface area contributed by atoms with Crippen molar-refractivity contribution in [3.8, 4) is 5.88 Å². The number of pyridine rings is 2. The Bertz CT molecular complexity index is 1010. The number of hydrogen-bond donors (Lipinski definition) is 0. The molecule has 3 rings (SSSR count). The number of halogens is 1. The highest BCUT2D eigenvalue weighted by molar-refractivity contribution is 6.30. The number of amides is 1. The molecule has 0 radical (unpaired) electrons. The van der Waals surface area contributed by atoms with Gasteiger partial charge in [-0.2, -0.15) is 0 Å². The number of likely N-dealkylation sites (tertiary alicyclic amines) is 1. The van der Waals surface area contributed by atoms with Gasteiger partial charge in [0.05, 0.1) is 17.5 Å². The lowest BCUT2D eigenvalue weighted by Crippen LogP contribution is -2.36. The first-order valence-electron chi connectivity index (χ1n) is 9.66. The molecular formula is C20H25ClN6O3. The van der Waals surface area contributed by atoms with Gasteiger partial charge in [-0.3, -0.25) is 0 Å².